The molecule has 1 aliphatic heterocycles. The quantitative estimate of drug-likeness (QED) is 0.660. The van der Waals surface area contributed by atoms with Gasteiger partial charge in [-0.15, -0.1) is 0 Å². The lowest BCUT2D eigenvalue weighted by atomic mass is 10.1. The van der Waals surface area contributed by atoms with Gasteiger partial charge in [0, 0.05) is 43.7 Å². The standard InChI is InChI=1S/C21H19ClF2N4O/c1-27-12-16(20(26-27)15-6-4-13(23)10-18(15)24)21(29)25-14-5-7-19(17(22)11-14)28-8-2-3-9-28/h4-7,10-12H,2-3,8-9H2,1H3,(H,25,29). The first-order chi connectivity index (χ1) is 13.9. The van der Waals surface area contributed by atoms with Crippen LogP contribution in [0.15, 0.2) is 42.6 Å². The molecule has 5 nitrogen and oxygen atoms in total. The highest BCUT2D eigenvalue weighted by molar-refractivity contribution is 6.33. The van der Waals surface area contributed by atoms with Gasteiger partial charge in [-0.3, -0.25) is 9.48 Å². The summed E-state index contributed by atoms with van der Waals surface area (Å²) in [4.78, 5) is 15.1. The van der Waals surface area contributed by atoms with E-state index in [1.165, 1.54) is 16.9 Å². The van der Waals surface area contributed by atoms with Crippen LogP contribution >= 0.6 is 11.6 Å². The third-order valence-electron chi connectivity index (χ3n) is 4.91. The van der Waals surface area contributed by atoms with E-state index in [-0.39, 0.29) is 16.8 Å². The predicted molar refractivity (Wildman–Crippen MR) is 109 cm³/mol. The average Bonchev–Trinajstić information content (AvgIpc) is 3.32. The fourth-order valence-electron chi connectivity index (χ4n) is 3.53. The van der Waals surface area contributed by atoms with E-state index >= 15 is 0 Å². The van der Waals surface area contributed by atoms with E-state index in [4.69, 9.17) is 11.6 Å². The Labute approximate surface area is 171 Å². The normalized spacial score (nSPS) is 13.7. The molecule has 4 rings (SSSR count). The Bertz CT molecular complexity index is 1080. The minimum atomic E-state index is -0.782. The maximum absolute atomic E-state index is 14.2. The molecule has 29 heavy (non-hydrogen) atoms. The lowest BCUT2D eigenvalue weighted by molar-refractivity contribution is 0.102. The summed E-state index contributed by atoms with van der Waals surface area (Å²) < 4.78 is 28.9. The van der Waals surface area contributed by atoms with Gasteiger partial charge >= 0.3 is 0 Å². The van der Waals surface area contributed by atoms with Gasteiger partial charge in [-0.2, -0.15) is 5.10 Å². The molecule has 0 unspecified atom stereocenters. The van der Waals surface area contributed by atoms with Gasteiger partial charge in [-0.05, 0) is 43.2 Å². The molecule has 1 saturated heterocycles. The van der Waals surface area contributed by atoms with E-state index in [0.717, 1.165) is 43.8 Å². The number of carbonyl (C=O) groups excluding carboxylic acids is 1. The zero-order valence-electron chi connectivity index (χ0n) is 15.8. The van der Waals surface area contributed by atoms with E-state index < -0.39 is 17.5 Å². The Morgan fingerprint density at radius 3 is 2.59 bits per heavy atom. The molecule has 0 spiro atoms. The third kappa shape index (κ3) is 3.96. The number of hydrogen-bond donors (Lipinski definition) is 1. The van der Waals surface area contributed by atoms with Gasteiger partial charge < -0.3 is 10.2 Å². The molecule has 1 aliphatic rings. The Balaban J connectivity index is 1.60. The Hall–Kier alpha value is -2.93. The van der Waals surface area contributed by atoms with Crippen molar-refractivity contribution in [3.05, 3.63) is 64.8 Å². The Kier molecular flexibility index (Phi) is 5.24. The summed E-state index contributed by atoms with van der Waals surface area (Å²) in [5.41, 5.74) is 1.84. The molecule has 1 fully saturated rings. The number of benzene rings is 2. The number of rotatable bonds is 4. The van der Waals surface area contributed by atoms with Crippen LogP contribution in [0, 0.1) is 11.6 Å². The lowest BCUT2D eigenvalue weighted by Gasteiger charge is -2.19. The fraction of sp³-hybridized carbons (Fsp3) is 0.238. The number of aromatic nitrogens is 2. The van der Waals surface area contributed by atoms with Crippen molar-refractivity contribution in [3.63, 3.8) is 0 Å². The molecule has 0 bridgehead atoms. The maximum atomic E-state index is 14.2. The first kappa shape index (κ1) is 19.4. The first-order valence-electron chi connectivity index (χ1n) is 9.27. The fourth-order valence-corrected chi connectivity index (χ4v) is 3.83. The lowest BCUT2D eigenvalue weighted by Crippen LogP contribution is -2.18. The van der Waals surface area contributed by atoms with Crippen LogP contribution in [0.5, 0.6) is 0 Å². The monoisotopic (exact) mass is 416 g/mol. The van der Waals surface area contributed by atoms with Gasteiger partial charge in [0.15, 0.2) is 0 Å². The van der Waals surface area contributed by atoms with Gasteiger partial charge in [-0.1, -0.05) is 11.6 Å². The molecule has 1 N–H and O–H groups in total. The number of nitrogens with one attached hydrogen (secondary N) is 1. The number of aryl methyl sites for hydroxylation is 1. The van der Waals surface area contributed by atoms with Gasteiger partial charge in [0.2, 0.25) is 0 Å². The van der Waals surface area contributed by atoms with Gasteiger partial charge in [0.1, 0.15) is 17.3 Å². The molecule has 0 radical (unpaired) electrons. The molecule has 2 aromatic carbocycles. The first-order valence-corrected chi connectivity index (χ1v) is 9.65. The van der Waals surface area contributed by atoms with Crippen molar-refractivity contribution in [2.75, 3.05) is 23.3 Å². The minimum Gasteiger partial charge on any atom is -0.370 e. The van der Waals surface area contributed by atoms with Crippen molar-refractivity contribution in [2.24, 2.45) is 7.05 Å². The smallest absolute Gasteiger partial charge is 0.259 e. The molecule has 0 atom stereocenters. The molecule has 2 heterocycles. The van der Waals surface area contributed by atoms with E-state index in [9.17, 15) is 13.6 Å². The van der Waals surface area contributed by atoms with E-state index in [0.29, 0.717) is 10.7 Å². The number of halogens is 3. The molecule has 150 valence electrons. The highest BCUT2D eigenvalue weighted by Gasteiger charge is 2.21. The third-order valence-corrected chi connectivity index (χ3v) is 5.21. The highest BCUT2D eigenvalue weighted by atomic mass is 35.5. The van der Waals surface area contributed by atoms with Crippen LogP contribution in [-0.2, 0) is 7.05 Å². The molecule has 1 amide bonds. The maximum Gasteiger partial charge on any atom is 0.259 e. The van der Waals surface area contributed by atoms with Crippen molar-refractivity contribution in [3.8, 4) is 11.3 Å². The van der Waals surface area contributed by atoms with Crippen molar-refractivity contribution in [1.82, 2.24) is 9.78 Å². The number of anilines is 2. The van der Waals surface area contributed by atoms with Crippen LogP contribution in [-0.4, -0.2) is 28.8 Å². The van der Waals surface area contributed by atoms with Gasteiger partial charge in [0.25, 0.3) is 5.91 Å². The number of hydrogen-bond acceptors (Lipinski definition) is 3. The second kappa shape index (κ2) is 7.83. The predicted octanol–water partition coefficient (Wildman–Crippen LogP) is 4.87. The van der Waals surface area contributed by atoms with Crippen molar-refractivity contribution < 1.29 is 13.6 Å². The molecule has 1 aromatic heterocycles. The van der Waals surface area contributed by atoms with Crippen LogP contribution in [0.25, 0.3) is 11.3 Å². The average molecular weight is 417 g/mol. The minimum absolute atomic E-state index is 0.0552. The van der Waals surface area contributed by atoms with E-state index in [2.05, 4.69) is 15.3 Å². The molecular formula is C21H19ClF2N4O. The van der Waals surface area contributed by atoms with Crippen LogP contribution in [0.4, 0.5) is 20.2 Å². The zero-order valence-corrected chi connectivity index (χ0v) is 16.5. The van der Waals surface area contributed by atoms with Crippen LogP contribution in [0.1, 0.15) is 23.2 Å². The summed E-state index contributed by atoms with van der Waals surface area (Å²) in [6.45, 7) is 1.93. The van der Waals surface area contributed by atoms with Crippen molar-refractivity contribution >= 4 is 28.9 Å². The van der Waals surface area contributed by atoms with Gasteiger partial charge in [-0.25, -0.2) is 8.78 Å². The largest absolute Gasteiger partial charge is 0.370 e. The van der Waals surface area contributed by atoms with E-state index in [1.807, 2.05) is 6.07 Å². The number of nitrogens with zero attached hydrogens (tertiary/aromatic N) is 3. The molecule has 8 heteroatoms. The number of carbonyl (C=O) groups is 1. The summed E-state index contributed by atoms with van der Waals surface area (Å²) >= 11 is 6.41. The number of amides is 1. The topological polar surface area (TPSA) is 50.2 Å². The molecule has 0 saturated carbocycles. The second-order valence-electron chi connectivity index (χ2n) is 7.00. The van der Waals surface area contributed by atoms with Gasteiger partial charge in [0.05, 0.1) is 16.3 Å². The van der Waals surface area contributed by atoms with Crippen molar-refractivity contribution in [2.45, 2.75) is 12.8 Å². The summed E-state index contributed by atoms with van der Waals surface area (Å²) in [5, 5.41) is 7.51. The summed E-state index contributed by atoms with van der Waals surface area (Å²) in [6.07, 6.45) is 3.77. The van der Waals surface area contributed by atoms with Crippen molar-refractivity contribution in [1.29, 1.82) is 0 Å². The second-order valence-corrected chi connectivity index (χ2v) is 7.41. The molecule has 3 aromatic rings. The van der Waals surface area contributed by atoms with Crippen LogP contribution < -0.4 is 10.2 Å². The highest BCUT2D eigenvalue weighted by Crippen LogP contribution is 2.32. The molecule has 0 aliphatic carbocycles. The molecular weight excluding hydrogens is 398 g/mol. The van der Waals surface area contributed by atoms with Crippen LogP contribution in [0.2, 0.25) is 5.02 Å². The van der Waals surface area contributed by atoms with Crippen LogP contribution in [0.3, 0.4) is 0 Å². The Morgan fingerprint density at radius 2 is 1.90 bits per heavy atom. The van der Waals surface area contributed by atoms with E-state index in [1.54, 1.807) is 19.2 Å². The summed E-state index contributed by atoms with van der Waals surface area (Å²) in [6, 6.07) is 8.53. The zero-order chi connectivity index (χ0) is 20.5. The SMILES string of the molecule is Cn1cc(C(=O)Nc2ccc(N3CCCC3)c(Cl)c2)c(-c2ccc(F)cc2F)n1. The summed E-state index contributed by atoms with van der Waals surface area (Å²) in [5.74, 6) is -1.93. The summed E-state index contributed by atoms with van der Waals surface area (Å²) in [7, 11) is 1.63. The Morgan fingerprint density at radius 1 is 1.14 bits per heavy atom.